The van der Waals surface area contributed by atoms with Crippen molar-refractivity contribution in [3.05, 3.63) is 49.6 Å². The van der Waals surface area contributed by atoms with Gasteiger partial charge in [0.2, 0.25) is 0 Å². The van der Waals surface area contributed by atoms with Gasteiger partial charge in [0.25, 0.3) is 0 Å². The molecule has 86 valence electrons. The van der Waals surface area contributed by atoms with Crippen LogP contribution in [0.15, 0.2) is 34.1 Å². The molecule has 1 N–H and O–H groups in total. The highest BCUT2D eigenvalue weighted by molar-refractivity contribution is 9.10. The topological polar surface area (TPSA) is 35.8 Å². The smallest absolute Gasteiger partial charge is 0.101 e. The van der Waals surface area contributed by atoms with Gasteiger partial charge in [-0.25, -0.2) is 0 Å². The number of thiophene rings is 1. The standard InChI is InChI=1S/C12H8BrClN2S/c13-9-1-2-12(8(3-9)5-15)16-6-11-4-10(14)7-17-11/h1-4,7,16H,6H2. The maximum atomic E-state index is 9.01. The lowest BCUT2D eigenvalue weighted by Crippen LogP contribution is -1.99. The van der Waals surface area contributed by atoms with Crippen LogP contribution in [0.4, 0.5) is 5.69 Å². The van der Waals surface area contributed by atoms with Gasteiger partial charge < -0.3 is 5.32 Å². The normalized spacial score (nSPS) is 9.94. The molecule has 1 aromatic heterocycles. The fourth-order valence-electron chi connectivity index (χ4n) is 1.39. The first kappa shape index (κ1) is 12.4. The van der Waals surface area contributed by atoms with E-state index >= 15 is 0 Å². The number of anilines is 1. The van der Waals surface area contributed by atoms with Crippen molar-refractivity contribution in [2.45, 2.75) is 6.54 Å². The fraction of sp³-hybridized carbons (Fsp3) is 0.0833. The lowest BCUT2D eigenvalue weighted by molar-refractivity contribution is 1.19. The molecule has 0 aliphatic rings. The van der Waals surface area contributed by atoms with E-state index in [0.29, 0.717) is 12.1 Å². The summed E-state index contributed by atoms with van der Waals surface area (Å²) in [6.07, 6.45) is 0. The van der Waals surface area contributed by atoms with Gasteiger partial charge in [-0.05, 0) is 24.3 Å². The molecule has 2 rings (SSSR count). The third kappa shape index (κ3) is 3.22. The van der Waals surface area contributed by atoms with Crippen molar-refractivity contribution < 1.29 is 0 Å². The molecule has 17 heavy (non-hydrogen) atoms. The number of halogens is 2. The van der Waals surface area contributed by atoms with E-state index in [0.717, 1.165) is 20.1 Å². The number of benzene rings is 1. The van der Waals surface area contributed by atoms with Crippen LogP contribution in [0.25, 0.3) is 0 Å². The van der Waals surface area contributed by atoms with Crippen LogP contribution in [0.1, 0.15) is 10.4 Å². The third-order valence-corrected chi connectivity index (χ3v) is 3.95. The predicted molar refractivity (Wildman–Crippen MR) is 75.5 cm³/mol. The maximum Gasteiger partial charge on any atom is 0.101 e. The summed E-state index contributed by atoms with van der Waals surface area (Å²) in [6, 6.07) is 9.67. The Morgan fingerprint density at radius 3 is 2.88 bits per heavy atom. The molecule has 0 radical (unpaired) electrons. The molecule has 0 saturated carbocycles. The van der Waals surface area contributed by atoms with Crippen molar-refractivity contribution in [2.24, 2.45) is 0 Å². The summed E-state index contributed by atoms with van der Waals surface area (Å²) in [4.78, 5) is 1.14. The second kappa shape index (κ2) is 5.54. The second-order valence-electron chi connectivity index (χ2n) is 3.39. The van der Waals surface area contributed by atoms with Crippen LogP contribution in [-0.4, -0.2) is 0 Å². The van der Waals surface area contributed by atoms with Gasteiger partial charge in [0.1, 0.15) is 6.07 Å². The minimum atomic E-state index is 0.627. The van der Waals surface area contributed by atoms with Crippen LogP contribution < -0.4 is 5.32 Å². The maximum absolute atomic E-state index is 9.01. The Hall–Kier alpha value is -1.02. The Morgan fingerprint density at radius 1 is 1.41 bits per heavy atom. The van der Waals surface area contributed by atoms with E-state index in [2.05, 4.69) is 27.3 Å². The summed E-state index contributed by atoms with van der Waals surface area (Å²) >= 11 is 10.8. The van der Waals surface area contributed by atoms with Gasteiger partial charge in [-0.2, -0.15) is 5.26 Å². The molecule has 2 aromatic rings. The van der Waals surface area contributed by atoms with E-state index in [1.54, 1.807) is 17.4 Å². The van der Waals surface area contributed by atoms with Gasteiger partial charge in [-0.15, -0.1) is 11.3 Å². The fourth-order valence-corrected chi connectivity index (χ4v) is 2.77. The average Bonchev–Trinajstić information content (AvgIpc) is 2.73. The quantitative estimate of drug-likeness (QED) is 0.891. The molecule has 0 spiro atoms. The first-order valence-corrected chi connectivity index (χ1v) is 6.90. The molecule has 0 fully saturated rings. The van der Waals surface area contributed by atoms with Crippen LogP contribution in [-0.2, 0) is 6.54 Å². The number of rotatable bonds is 3. The Labute approximate surface area is 117 Å². The van der Waals surface area contributed by atoms with Crippen molar-refractivity contribution in [3.8, 4) is 6.07 Å². The number of nitriles is 1. The first-order chi connectivity index (χ1) is 8.19. The van der Waals surface area contributed by atoms with Gasteiger partial charge in [0, 0.05) is 21.3 Å². The van der Waals surface area contributed by atoms with E-state index in [1.165, 1.54) is 0 Å². The Morgan fingerprint density at radius 2 is 2.24 bits per heavy atom. The first-order valence-electron chi connectivity index (χ1n) is 4.85. The predicted octanol–water partition coefficient (Wildman–Crippen LogP) is 4.65. The van der Waals surface area contributed by atoms with Gasteiger partial charge in [0.05, 0.1) is 16.3 Å². The summed E-state index contributed by atoms with van der Waals surface area (Å²) in [5.41, 5.74) is 1.46. The van der Waals surface area contributed by atoms with Gasteiger partial charge in [0.15, 0.2) is 0 Å². The zero-order valence-corrected chi connectivity index (χ0v) is 11.9. The monoisotopic (exact) mass is 326 g/mol. The van der Waals surface area contributed by atoms with E-state index in [1.807, 2.05) is 23.6 Å². The Balaban J connectivity index is 2.12. The van der Waals surface area contributed by atoms with E-state index in [4.69, 9.17) is 16.9 Å². The minimum absolute atomic E-state index is 0.627. The second-order valence-corrected chi connectivity index (χ2v) is 5.73. The highest BCUT2D eigenvalue weighted by atomic mass is 79.9. The Kier molecular flexibility index (Phi) is 4.06. The number of hydrogen-bond donors (Lipinski definition) is 1. The molecular weight excluding hydrogens is 320 g/mol. The van der Waals surface area contributed by atoms with Gasteiger partial charge >= 0.3 is 0 Å². The van der Waals surface area contributed by atoms with E-state index in [-0.39, 0.29) is 0 Å². The Bertz CT molecular complexity index is 574. The molecule has 0 aliphatic carbocycles. The third-order valence-electron chi connectivity index (χ3n) is 2.18. The molecule has 0 saturated heterocycles. The summed E-state index contributed by atoms with van der Waals surface area (Å²) in [5.74, 6) is 0. The average molecular weight is 328 g/mol. The summed E-state index contributed by atoms with van der Waals surface area (Å²) < 4.78 is 0.902. The number of hydrogen-bond acceptors (Lipinski definition) is 3. The lowest BCUT2D eigenvalue weighted by Gasteiger charge is -2.07. The van der Waals surface area contributed by atoms with Crippen LogP contribution in [0.2, 0.25) is 5.02 Å². The molecule has 0 amide bonds. The van der Waals surface area contributed by atoms with Crippen molar-refractivity contribution in [1.29, 1.82) is 5.26 Å². The summed E-state index contributed by atoms with van der Waals surface area (Å²) in [6.45, 7) is 0.674. The molecule has 1 aromatic carbocycles. The van der Waals surface area contributed by atoms with Crippen molar-refractivity contribution >= 4 is 44.6 Å². The van der Waals surface area contributed by atoms with Crippen LogP contribution in [0.5, 0.6) is 0 Å². The van der Waals surface area contributed by atoms with Crippen LogP contribution >= 0.6 is 38.9 Å². The highest BCUT2D eigenvalue weighted by Gasteiger charge is 2.03. The van der Waals surface area contributed by atoms with Gasteiger partial charge in [-0.1, -0.05) is 27.5 Å². The van der Waals surface area contributed by atoms with E-state index < -0.39 is 0 Å². The number of nitrogens with zero attached hydrogens (tertiary/aromatic N) is 1. The summed E-state index contributed by atoms with van der Waals surface area (Å²) in [7, 11) is 0. The molecule has 2 nitrogen and oxygen atoms in total. The molecule has 0 atom stereocenters. The number of nitrogens with one attached hydrogen (secondary N) is 1. The van der Waals surface area contributed by atoms with Crippen molar-refractivity contribution in [2.75, 3.05) is 5.32 Å². The summed E-state index contributed by atoms with van der Waals surface area (Å²) in [5, 5.41) is 14.9. The van der Waals surface area contributed by atoms with Crippen molar-refractivity contribution in [1.82, 2.24) is 0 Å². The van der Waals surface area contributed by atoms with Crippen LogP contribution in [0, 0.1) is 11.3 Å². The van der Waals surface area contributed by atoms with Crippen LogP contribution in [0.3, 0.4) is 0 Å². The SMILES string of the molecule is N#Cc1cc(Br)ccc1NCc1cc(Cl)cs1. The molecule has 0 unspecified atom stereocenters. The minimum Gasteiger partial charge on any atom is -0.379 e. The molecule has 0 bridgehead atoms. The lowest BCUT2D eigenvalue weighted by atomic mass is 10.2. The largest absolute Gasteiger partial charge is 0.379 e. The zero-order chi connectivity index (χ0) is 12.3. The molecule has 1 heterocycles. The zero-order valence-electron chi connectivity index (χ0n) is 8.71. The van der Waals surface area contributed by atoms with E-state index in [9.17, 15) is 0 Å². The molecular formula is C12H8BrClN2S. The van der Waals surface area contributed by atoms with Gasteiger partial charge in [-0.3, -0.25) is 0 Å². The molecule has 0 aliphatic heterocycles. The molecule has 5 heteroatoms. The highest BCUT2D eigenvalue weighted by Crippen LogP contribution is 2.23. The van der Waals surface area contributed by atoms with Crippen molar-refractivity contribution in [3.63, 3.8) is 0 Å².